The molecule has 1 saturated carbocycles. The highest BCUT2D eigenvalue weighted by Crippen LogP contribution is 2.41. The molecule has 2 saturated heterocycles. The molecule has 1 N–H and O–H groups in total. The molecule has 5 rings (SSSR count). The molecule has 12 unspecified atom stereocenters. The van der Waals surface area contributed by atoms with Crippen LogP contribution in [0.25, 0.3) is 0 Å². The Kier molecular flexibility index (Phi) is 16.6. The first-order chi connectivity index (χ1) is 28.2. The van der Waals surface area contributed by atoms with Crippen LogP contribution < -0.4 is 0 Å². The maximum absolute atomic E-state index is 14.4. The van der Waals surface area contributed by atoms with Crippen molar-refractivity contribution >= 4 is 23.4 Å². The SMILES string of the molecule is CCC1/C=C(\C)CC(C)CC(OC)C2OC(O)(C(=O)C(=O)N3CCCCC3C(=O)OC(/C(C)=C(\C)C3CCC(n4ncnn4)C(OC)C3)CCCC1=O)C(C)CC2OC. The zero-order valence-electron chi connectivity index (χ0n) is 36.8. The van der Waals surface area contributed by atoms with Gasteiger partial charge in [-0.2, -0.15) is 4.80 Å². The van der Waals surface area contributed by atoms with Crippen LogP contribution in [0.1, 0.15) is 131 Å². The van der Waals surface area contributed by atoms with Crippen molar-refractivity contribution in [1.82, 2.24) is 25.1 Å². The Morgan fingerprint density at radius 2 is 1.63 bits per heavy atom. The summed E-state index contributed by atoms with van der Waals surface area (Å²) in [5, 5.41) is 24.3. The molecule has 0 aromatic carbocycles. The zero-order valence-corrected chi connectivity index (χ0v) is 36.8. The summed E-state index contributed by atoms with van der Waals surface area (Å²) in [4.78, 5) is 59.5. The third-order valence-electron chi connectivity index (χ3n) is 13.7. The first-order valence-corrected chi connectivity index (χ1v) is 21.8. The number of ether oxygens (including phenoxy) is 5. The first kappa shape index (κ1) is 46.7. The van der Waals surface area contributed by atoms with Gasteiger partial charge in [0.15, 0.2) is 6.33 Å². The smallest absolute Gasteiger partial charge is 0.329 e. The van der Waals surface area contributed by atoms with Gasteiger partial charge in [-0.1, -0.05) is 38.0 Å². The number of amides is 1. The second-order valence-electron chi connectivity index (χ2n) is 17.6. The highest BCUT2D eigenvalue weighted by atomic mass is 16.7. The van der Waals surface area contributed by atoms with Gasteiger partial charge in [-0.25, -0.2) is 4.79 Å². The normalized spacial score (nSPS) is 37.7. The average Bonchev–Trinajstić information content (AvgIpc) is 3.78. The van der Waals surface area contributed by atoms with Crippen molar-refractivity contribution < 1.29 is 48.0 Å². The molecule has 1 amide bonds. The van der Waals surface area contributed by atoms with Crippen LogP contribution in [0.5, 0.6) is 0 Å². The maximum Gasteiger partial charge on any atom is 0.329 e. The quantitative estimate of drug-likeness (QED) is 0.207. The molecule has 4 heterocycles. The van der Waals surface area contributed by atoms with Gasteiger partial charge in [-0.15, -0.1) is 10.2 Å². The van der Waals surface area contributed by atoms with Gasteiger partial charge < -0.3 is 33.7 Å². The van der Waals surface area contributed by atoms with E-state index in [2.05, 4.69) is 35.3 Å². The molecule has 15 heteroatoms. The molecule has 3 fully saturated rings. The highest BCUT2D eigenvalue weighted by molar-refractivity contribution is 6.39. The number of allylic oxidation sites excluding steroid dienone is 3. The molecule has 15 nitrogen and oxygen atoms in total. The summed E-state index contributed by atoms with van der Waals surface area (Å²) in [5.74, 6) is -5.86. The van der Waals surface area contributed by atoms with E-state index < -0.39 is 59.8 Å². The number of piperidine rings is 1. The molecule has 0 spiro atoms. The number of fused-ring (bicyclic) bond motifs is 3. The topological polar surface area (TPSA) is 181 Å². The van der Waals surface area contributed by atoms with Crippen molar-refractivity contribution in [2.75, 3.05) is 27.9 Å². The monoisotopic (exact) mass is 828 g/mol. The van der Waals surface area contributed by atoms with Gasteiger partial charge in [0.25, 0.3) is 11.7 Å². The standard InChI is InChI=1S/C44H69N5O10/c1-10-31-21-26(2)20-27(3)22-38(56-8)40-39(57-9)23-28(4)44(54,59-40)41(51)42(52)48-19-12-11-14-34(48)43(53)58-36(16-13-15-35(31)50)30(6)29(5)32-17-18-33(37(24-32)55-7)49-46-25-45-47-49/h21,25,27-28,31-34,36-40,54H,10-20,22-24H2,1-9H3/b26-21+,30-29+. The number of aliphatic hydroxyl groups is 1. The van der Waals surface area contributed by atoms with Gasteiger partial charge >= 0.3 is 5.97 Å². The van der Waals surface area contributed by atoms with Crippen molar-refractivity contribution in [2.45, 2.75) is 173 Å². The summed E-state index contributed by atoms with van der Waals surface area (Å²) in [5.41, 5.74) is 3.06. The molecule has 3 aliphatic heterocycles. The molecule has 0 radical (unpaired) electrons. The average molecular weight is 828 g/mol. The number of nitrogens with zero attached hydrogens (tertiary/aromatic N) is 5. The number of ketones is 2. The second kappa shape index (κ2) is 20.9. The number of carbonyl (C=O) groups is 4. The maximum atomic E-state index is 14.4. The predicted molar refractivity (Wildman–Crippen MR) is 218 cm³/mol. The minimum atomic E-state index is -2.46. The Balaban J connectivity index is 1.48. The molecule has 330 valence electrons. The lowest BCUT2D eigenvalue weighted by atomic mass is 9.78. The predicted octanol–water partition coefficient (Wildman–Crippen LogP) is 5.51. The number of methoxy groups -OCH3 is 3. The van der Waals surface area contributed by atoms with E-state index in [4.69, 9.17) is 23.7 Å². The largest absolute Gasteiger partial charge is 0.456 e. The fraction of sp³-hybridized carbons (Fsp3) is 0.795. The molecule has 4 aliphatic rings. The Morgan fingerprint density at radius 3 is 2.29 bits per heavy atom. The molecule has 1 aliphatic carbocycles. The van der Waals surface area contributed by atoms with Crippen LogP contribution in [-0.4, -0.2) is 124 Å². The fourth-order valence-electron chi connectivity index (χ4n) is 9.97. The third kappa shape index (κ3) is 10.8. The van der Waals surface area contributed by atoms with E-state index in [-0.39, 0.29) is 48.6 Å². The van der Waals surface area contributed by atoms with Gasteiger partial charge in [0.2, 0.25) is 5.79 Å². The molecule has 1 aromatic rings. The van der Waals surface area contributed by atoms with E-state index in [1.807, 2.05) is 20.8 Å². The van der Waals surface area contributed by atoms with Gasteiger partial charge in [0.1, 0.15) is 24.0 Å². The summed E-state index contributed by atoms with van der Waals surface area (Å²) < 4.78 is 30.4. The lowest BCUT2D eigenvalue weighted by Gasteiger charge is -2.47. The minimum Gasteiger partial charge on any atom is -0.456 e. The van der Waals surface area contributed by atoms with Crippen molar-refractivity contribution in [3.63, 3.8) is 0 Å². The van der Waals surface area contributed by atoms with Crippen molar-refractivity contribution in [3.05, 3.63) is 29.1 Å². The van der Waals surface area contributed by atoms with Crippen LogP contribution in [0.15, 0.2) is 29.1 Å². The zero-order chi connectivity index (χ0) is 43.0. The Labute approximate surface area is 349 Å². The number of carbonyl (C=O) groups excluding carboxylic acids is 4. The lowest BCUT2D eigenvalue weighted by Crippen LogP contribution is -2.64. The summed E-state index contributed by atoms with van der Waals surface area (Å²) >= 11 is 0. The van der Waals surface area contributed by atoms with Crippen LogP contribution >= 0.6 is 0 Å². The first-order valence-electron chi connectivity index (χ1n) is 21.8. The van der Waals surface area contributed by atoms with E-state index in [0.717, 1.165) is 29.6 Å². The van der Waals surface area contributed by atoms with Crippen LogP contribution in [0.4, 0.5) is 0 Å². The second-order valence-corrected chi connectivity index (χ2v) is 17.6. The molecule has 1 aromatic heterocycles. The molecule has 59 heavy (non-hydrogen) atoms. The Bertz CT molecular complexity index is 1670. The fourth-order valence-corrected chi connectivity index (χ4v) is 9.97. The molecular formula is C44H69N5O10. The van der Waals surface area contributed by atoms with Crippen LogP contribution in [0.3, 0.4) is 0 Å². The third-order valence-corrected chi connectivity index (χ3v) is 13.7. The molecule has 2 bridgehead atoms. The number of aromatic nitrogens is 4. The van der Waals surface area contributed by atoms with E-state index in [1.165, 1.54) is 11.2 Å². The van der Waals surface area contributed by atoms with Crippen molar-refractivity contribution in [3.8, 4) is 0 Å². The Hall–Kier alpha value is -3.37. The highest BCUT2D eigenvalue weighted by Gasteiger charge is 2.56. The van der Waals surface area contributed by atoms with Crippen molar-refractivity contribution in [2.24, 2.45) is 23.7 Å². The Morgan fingerprint density at radius 1 is 0.915 bits per heavy atom. The van der Waals surface area contributed by atoms with Gasteiger partial charge in [-0.3, -0.25) is 14.4 Å². The number of Topliss-reactive ketones (excluding diaryl/α,β-unsaturated/α-hetero) is 2. The van der Waals surface area contributed by atoms with Gasteiger partial charge in [0.05, 0.1) is 24.4 Å². The number of cyclic esters (lactones) is 1. The number of esters is 1. The van der Waals surface area contributed by atoms with Crippen LogP contribution in [0.2, 0.25) is 0 Å². The summed E-state index contributed by atoms with van der Waals surface area (Å²) in [6.45, 7) is 12.0. The van der Waals surface area contributed by atoms with Crippen LogP contribution in [-0.2, 0) is 42.9 Å². The number of hydrogen-bond donors (Lipinski definition) is 1. The van der Waals surface area contributed by atoms with E-state index >= 15 is 0 Å². The van der Waals surface area contributed by atoms with Crippen LogP contribution in [0, 0.1) is 23.7 Å². The molecular weight excluding hydrogens is 759 g/mol. The molecule has 12 atom stereocenters. The number of tetrazole rings is 1. The van der Waals surface area contributed by atoms with Crippen molar-refractivity contribution in [1.29, 1.82) is 0 Å². The number of hydrogen-bond acceptors (Lipinski definition) is 13. The summed E-state index contributed by atoms with van der Waals surface area (Å²) in [6, 6.07) is -1.09. The number of rotatable bonds is 7. The van der Waals surface area contributed by atoms with E-state index in [1.54, 1.807) is 33.0 Å². The van der Waals surface area contributed by atoms with E-state index in [9.17, 15) is 24.3 Å². The van der Waals surface area contributed by atoms with Gasteiger partial charge in [0, 0.05) is 46.1 Å². The summed E-state index contributed by atoms with van der Waals surface area (Å²) in [7, 11) is 4.80. The van der Waals surface area contributed by atoms with Gasteiger partial charge in [-0.05, 0) is 120 Å². The summed E-state index contributed by atoms with van der Waals surface area (Å²) in [6.07, 6.45) is 7.94. The minimum absolute atomic E-state index is 0.0522. The van der Waals surface area contributed by atoms with E-state index in [0.29, 0.717) is 64.2 Å². The lowest BCUT2D eigenvalue weighted by molar-refractivity contribution is -0.302.